The number of Topliss-reactive ketones (excluding diaryl/α,β-unsaturated/α-hetero) is 1. The van der Waals surface area contributed by atoms with E-state index in [1.165, 1.54) is 24.0 Å². The standard InChI is InChI=1S/C8H7F5N2O/c1-15-3-2-5(14-15)4-6(16)7(9,10)8(11,12)13/h2-3H,4H2,1H3. The van der Waals surface area contributed by atoms with Gasteiger partial charge in [-0.2, -0.15) is 27.1 Å². The van der Waals surface area contributed by atoms with E-state index in [1.807, 2.05) is 0 Å². The van der Waals surface area contributed by atoms with Crippen LogP contribution in [0.1, 0.15) is 5.69 Å². The van der Waals surface area contributed by atoms with E-state index in [0.717, 1.165) is 0 Å². The van der Waals surface area contributed by atoms with Gasteiger partial charge in [0.05, 0.1) is 12.1 Å². The van der Waals surface area contributed by atoms with Gasteiger partial charge in [-0.1, -0.05) is 0 Å². The van der Waals surface area contributed by atoms with Gasteiger partial charge in [0, 0.05) is 13.2 Å². The van der Waals surface area contributed by atoms with Crippen LogP contribution in [0.2, 0.25) is 0 Å². The van der Waals surface area contributed by atoms with Gasteiger partial charge in [-0.05, 0) is 6.07 Å². The lowest BCUT2D eigenvalue weighted by Gasteiger charge is -2.17. The quantitative estimate of drug-likeness (QED) is 0.756. The summed E-state index contributed by atoms with van der Waals surface area (Å²) >= 11 is 0. The molecule has 0 aromatic carbocycles. The van der Waals surface area contributed by atoms with Gasteiger partial charge >= 0.3 is 12.1 Å². The molecule has 0 amide bonds. The maximum absolute atomic E-state index is 12.5. The van der Waals surface area contributed by atoms with Crippen molar-refractivity contribution in [2.75, 3.05) is 0 Å². The summed E-state index contributed by atoms with van der Waals surface area (Å²) in [7, 11) is 1.45. The number of aryl methyl sites for hydroxylation is 1. The number of hydrogen-bond donors (Lipinski definition) is 0. The van der Waals surface area contributed by atoms with Gasteiger partial charge < -0.3 is 0 Å². The molecule has 3 nitrogen and oxygen atoms in total. The molecule has 1 rings (SSSR count). The minimum atomic E-state index is -5.86. The average molecular weight is 242 g/mol. The van der Waals surface area contributed by atoms with Crippen LogP contribution in [0, 0.1) is 0 Å². The topological polar surface area (TPSA) is 34.9 Å². The summed E-state index contributed by atoms with van der Waals surface area (Å²) in [6.07, 6.45) is -5.57. The highest BCUT2D eigenvalue weighted by Gasteiger charge is 2.62. The van der Waals surface area contributed by atoms with E-state index >= 15 is 0 Å². The van der Waals surface area contributed by atoms with Crippen molar-refractivity contribution in [2.24, 2.45) is 7.05 Å². The average Bonchev–Trinajstić information content (AvgIpc) is 2.49. The maximum atomic E-state index is 12.5. The highest BCUT2D eigenvalue weighted by molar-refractivity contribution is 5.88. The summed E-state index contributed by atoms with van der Waals surface area (Å²) < 4.78 is 61.6. The Morgan fingerprint density at radius 3 is 2.31 bits per heavy atom. The van der Waals surface area contributed by atoms with E-state index in [0.29, 0.717) is 0 Å². The van der Waals surface area contributed by atoms with Crippen LogP contribution in [0.3, 0.4) is 0 Å². The molecule has 0 saturated heterocycles. The Morgan fingerprint density at radius 2 is 1.94 bits per heavy atom. The van der Waals surface area contributed by atoms with Crippen LogP contribution in [-0.2, 0) is 18.3 Å². The number of carbonyl (C=O) groups excluding carboxylic acids is 1. The molecule has 0 fully saturated rings. The maximum Gasteiger partial charge on any atom is 0.461 e. The van der Waals surface area contributed by atoms with Gasteiger partial charge in [0.2, 0.25) is 5.78 Å². The van der Waals surface area contributed by atoms with E-state index in [9.17, 15) is 26.7 Å². The van der Waals surface area contributed by atoms with Crippen molar-refractivity contribution in [1.82, 2.24) is 9.78 Å². The van der Waals surface area contributed by atoms with E-state index < -0.39 is 24.3 Å². The molecule has 0 aliphatic heterocycles. The van der Waals surface area contributed by atoms with Gasteiger partial charge in [-0.15, -0.1) is 0 Å². The summed E-state index contributed by atoms with van der Waals surface area (Å²) in [5.41, 5.74) is -0.128. The molecule has 1 aromatic heterocycles. The largest absolute Gasteiger partial charge is 0.461 e. The molecule has 16 heavy (non-hydrogen) atoms. The summed E-state index contributed by atoms with van der Waals surface area (Å²) in [6.45, 7) is 0. The Balaban J connectivity index is 2.80. The number of rotatable bonds is 3. The third-order valence-corrected chi connectivity index (χ3v) is 1.82. The first-order valence-electron chi connectivity index (χ1n) is 4.11. The molecule has 8 heteroatoms. The second-order valence-electron chi connectivity index (χ2n) is 3.15. The van der Waals surface area contributed by atoms with E-state index in [2.05, 4.69) is 5.10 Å². The van der Waals surface area contributed by atoms with Gasteiger partial charge in [-0.3, -0.25) is 9.48 Å². The van der Waals surface area contributed by atoms with Crippen molar-refractivity contribution < 1.29 is 26.7 Å². The SMILES string of the molecule is Cn1ccc(CC(=O)C(F)(F)C(F)(F)F)n1. The van der Waals surface area contributed by atoms with Crippen LogP contribution in [0.25, 0.3) is 0 Å². The summed E-state index contributed by atoms with van der Waals surface area (Å²) in [5, 5.41) is 3.54. The molecule has 0 aliphatic rings. The van der Waals surface area contributed by atoms with Crippen molar-refractivity contribution >= 4 is 5.78 Å². The molecule has 0 atom stereocenters. The van der Waals surface area contributed by atoms with Crippen LogP contribution >= 0.6 is 0 Å². The van der Waals surface area contributed by atoms with E-state index in [1.54, 1.807) is 0 Å². The Morgan fingerprint density at radius 1 is 1.38 bits per heavy atom. The van der Waals surface area contributed by atoms with Crippen molar-refractivity contribution in [3.05, 3.63) is 18.0 Å². The number of nitrogens with zero attached hydrogens (tertiary/aromatic N) is 2. The fourth-order valence-electron chi connectivity index (χ4n) is 0.991. The zero-order valence-electron chi connectivity index (χ0n) is 8.05. The van der Waals surface area contributed by atoms with Crippen molar-refractivity contribution in [1.29, 1.82) is 0 Å². The van der Waals surface area contributed by atoms with E-state index in [4.69, 9.17) is 0 Å². The van der Waals surface area contributed by atoms with Crippen LogP contribution in [-0.4, -0.2) is 27.7 Å². The molecule has 0 spiro atoms. The zero-order chi connectivity index (χ0) is 12.6. The van der Waals surface area contributed by atoms with Crippen molar-refractivity contribution in [3.63, 3.8) is 0 Å². The monoisotopic (exact) mass is 242 g/mol. The van der Waals surface area contributed by atoms with Crippen LogP contribution in [0.5, 0.6) is 0 Å². The van der Waals surface area contributed by atoms with Crippen molar-refractivity contribution in [2.45, 2.75) is 18.5 Å². The number of hydrogen-bond acceptors (Lipinski definition) is 2. The lowest BCUT2D eigenvalue weighted by molar-refractivity contribution is -0.268. The third kappa shape index (κ3) is 2.37. The number of alkyl halides is 5. The van der Waals surface area contributed by atoms with Crippen molar-refractivity contribution in [3.8, 4) is 0 Å². The zero-order valence-corrected chi connectivity index (χ0v) is 8.05. The molecule has 0 radical (unpaired) electrons. The molecule has 0 unspecified atom stereocenters. The molecule has 0 bridgehead atoms. The molecule has 1 heterocycles. The summed E-state index contributed by atoms with van der Waals surface area (Å²) in [4.78, 5) is 10.8. The normalized spacial score (nSPS) is 12.9. The fourth-order valence-corrected chi connectivity index (χ4v) is 0.991. The van der Waals surface area contributed by atoms with E-state index in [-0.39, 0.29) is 5.69 Å². The second-order valence-corrected chi connectivity index (χ2v) is 3.15. The lowest BCUT2D eigenvalue weighted by atomic mass is 10.1. The first kappa shape index (κ1) is 12.6. The van der Waals surface area contributed by atoms with Crippen LogP contribution < -0.4 is 0 Å². The Hall–Kier alpha value is -1.47. The number of carbonyl (C=O) groups is 1. The van der Waals surface area contributed by atoms with Gasteiger partial charge in [0.25, 0.3) is 0 Å². The molecule has 0 N–H and O–H groups in total. The number of halogens is 5. The minimum absolute atomic E-state index is 0.128. The first-order chi connectivity index (χ1) is 7.14. The third-order valence-electron chi connectivity index (χ3n) is 1.82. The number of aromatic nitrogens is 2. The second kappa shape index (κ2) is 3.84. The number of ketones is 1. The molecular formula is C8H7F5N2O. The Labute approximate surface area is 86.9 Å². The molecule has 0 saturated carbocycles. The predicted molar refractivity (Wildman–Crippen MR) is 42.9 cm³/mol. The smallest absolute Gasteiger partial charge is 0.292 e. The van der Waals surface area contributed by atoms with Gasteiger partial charge in [0.1, 0.15) is 0 Å². The highest BCUT2D eigenvalue weighted by Crippen LogP contribution is 2.36. The fraction of sp³-hybridized carbons (Fsp3) is 0.500. The minimum Gasteiger partial charge on any atom is -0.292 e. The highest BCUT2D eigenvalue weighted by atomic mass is 19.4. The molecule has 90 valence electrons. The summed E-state index contributed by atoms with van der Waals surface area (Å²) in [5.74, 6) is -7.54. The van der Waals surface area contributed by atoms with Gasteiger partial charge in [0.15, 0.2) is 0 Å². The van der Waals surface area contributed by atoms with Crippen LogP contribution in [0.4, 0.5) is 22.0 Å². The molecule has 0 aliphatic carbocycles. The predicted octanol–water partition coefficient (Wildman–Crippen LogP) is 1.73. The molecular weight excluding hydrogens is 235 g/mol. The molecule has 1 aromatic rings. The van der Waals surface area contributed by atoms with Crippen LogP contribution in [0.15, 0.2) is 12.3 Å². The van der Waals surface area contributed by atoms with Gasteiger partial charge in [-0.25, -0.2) is 0 Å². The lowest BCUT2D eigenvalue weighted by Crippen LogP contribution is -2.44. The Bertz CT molecular complexity index is 395. The Kier molecular flexibility index (Phi) is 3.02. The summed E-state index contributed by atoms with van der Waals surface area (Å²) in [6, 6.07) is 1.20. The first-order valence-corrected chi connectivity index (χ1v) is 4.11.